The van der Waals surface area contributed by atoms with Gasteiger partial charge in [0, 0.05) is 5.56 Å². The third-order valence-electron chi connectivity index (χ3n) is 3.70. The summed E-state index contributed by atoms with van der Waals surface area (Å²) in [5, 5.41) is 6.44. The van der Waals surface area contributed by atoms with Crippen molar-refractivity contribution in [2.45, 2.75) is 6.54 Å². The van der Waals surface area contributed by atoms with Gasteiger partial charge in [-0.1, -0.05) is 0 Å². The van der Waals surface area contributed by atoms with Crippen molar-refractivity contribution in [3.8, 4) is 11.3 Å². The Hall–Kier alpha value is -3.40. The van der Waals surface area contributed by atoms with E-state index in [0.29, 0.717) is 28.4 Å². The van der Waals surface area contributed by atoms with Gasteiger partial charge in [-0.05, 0) is 42.5 Å². The minimum absolute atomic E-state index is 0.219. The number of methoxy groups -OCH3 is 2. The summed E-state index contributed by atoms with van der Waals surface area (Å²) < 4.78 is 17.2. The summed E-state index contributed by atoms with van der Waals surface area (Å²) in [6, 6.07) is 8.09. The van der Waals surface area contributed by atoms with Crippen molar-refractivity contribution in [3.05, 3.63) is 58.3 Å². The van der Waals surface area contributed by atoms with Crippen LogP contribution >= 0.6 is 12.2 Å². The van der Waals surface area contributed by atoms with E-state index in [1.54, 1.807) is 28.9 Å². The number of nitrogens with zero attached hydrogens (tertiary/aromatic N) is 2. The van der Waals surface area contributed by atoms with Gasteiger partial charge in [-0.3, -0.25) is 5.10 Å². The first-order valence-corrected chi connectivity index (χ1v) is 8.19. The molecule has 10 heteroatoms. The number of rotatable bonds is 6. The van der Waals surface area contributed by atoms with E-state index in [9.17, 15) is 9.59 Å². The topological polar surface area (TPSA) is 111 Å². The summed E-state index contributed by atoms with van der Waals surface area (Å²) in [5.74, 6) is -0.0238. The number of hydrogen-bond acceptors (Lipinski definition) is 8. The van der Waals surface area contributed by atoms with Crippen molar-refractivity contribution in [3.63, 3.8) is 0 Å². The van der Waals surface area contributed by atoms with Crippen LogP contribution in [0, 0.1) is 4.77 Å². The Balaban J connectivity index is 1.88. The summed E-state index contributed by atoms with van der Waals surface area (Å²) in [4.78, 5) is 23.8. The number of aromatic amines is 1. The average molecular weight is 388 g/mol. The van der Waals surface area contributed by atoms with Crippen molar-refractivity contribution >= 4 is 24.2 Å². The van der Waals surface area contributed by atoms with Crippen molar-refractivity contribution in [1.29, 1.82) is 0 Å². The molecule has 0 unspecified atom stereocenters. The fraction of sp³-hybridized carbons (Fsp3) is 0.176. The van der Waals surface area contributed by atoms with Gasteiger partial charge in [0.15, 0.2) is 0 Å². The van der Waals surface area contributed by atoms with Crippen molar-refractivity contribution in [1.82, 2.24) is 14.9 Å². The van der Waals surface area contributed by atoms with Crippen molar-refractivity contribution < 1.29 is 23.5 Å². The fourth-order valence-corrected chi connectivity index (χ4v) is 2.56. The van der Waals surface area contributed by atoms with Crippen LogP contribution in [0.25, 0.3) is 11.3 Å². The molecule has 0 fully saturated rings. The lowest BCUT2D eigenvalue weighted by Crippen LogP contribution is -2.12. The first-order valence-electron chi connectivity index (χ1n) is 7.78. The highest BCUT2D eigenvalue weighted by Gasteiger charge is 2.16. The SMILES string of the molecule is COC(=O)c1cc(C(=O)OC)cc(-c2ccc(CNn3cn[nH]c3=S)o2)c1. The summed E-state index contributed by atoms with van der Waals surface area (Å²) >= 11 is 5.05. The Morgan fingerprint density at radius 3 is 2.41 bits per heavy atom. The van der Waals surface area contributed by atoms with E-state index in [2.05, 4.69) is 15.6 Å². The zero-order valence-corrected chi connectivity index (χ0v) is 15.3. The lowest BCUT2D eigenvalue weighted by Gasteiger charge is -2.07. The van der Waals surface area contributed by atoms with Gasteiger partial charge in [0.05, 0.1) is 31.9 Å². The van der Waals surface area contributed by atoms with Crippen LogP contribution in [0.3, 0.4) is 0 Å². The molecule has 0 aliphatic rings. The summed E-state index contributed by atoms with van der Waals surface area (Å²) in [7, 11) is 2.54. The normalized spacial score (nSPS) is 10.4. The number of H-pyrrole nitrogens is 1. The molecule has 2 heterocycles. The first-order chi connectivity index (χ1) is 13.0. The Bertz CT molecular complexity index is 1000. The molecule has 1 aromatic carbocycles. The van der Waals surface area contributed by atoms with Crippen molar-refractivity contribution in [2.75, 3.05) is 19.6 Å². The molecule has 3 aromatic rings. The summed E-state index contributed by atoms with van der Waals surface area (Å²) in [6.07, 6.45) is 1.51. The standard InChI is InChI=1S/C17H16N4O5S/c1-24-15(22)11-5-10(6-12(7-11)16(23)25-2)14-4-3-13(26-14)8-19-21-9-18-20-17(21)27/h3-7,9,19H,8H2,1-2H3,(H,20,27). The molecule has 27 heavy (non-hydrogen) atoms. The molecule has 0 aliphatic heterocycles. The quantitative estimate of drug-likeness (QED) is 0.489. The van der Waals surface area contributed by atoms with E-state index in [-0.39, 0.29) is 11.1 Å². The number of furan rings is 1. The van der Waals surface area contributed by atoms with Crippen LogP contribution in [0.4, 0.5) is 0 Å². The molecule has 0 spiro atoms. The van der Waals surface area contributed by atoms with E-state index in [0.717, 1.165) is 0 Å². The number of carbonyl (C=O) groups is 2. The number of nitrogens with one attached hydrogen (secondary N) is 2. The van der Waals surface area contributed by atoms with Gasteiger partial charge >= 0.3 is 11.9 Å². The Morgan fingerprint density at radius 1 is 1.19 bits per heavy atom. The molecule has 2 N–H and O–H groups in total. The Labute approximate surface area is 158 Å². The molecule has 0 amide bonds. The Kier molecular flexibility index (Phi) is 5.36. The van der Waals surface area contributed by atoms with Gasteiger partial charge in [0.2, 0.25) is 4.77 Å². The summed E-state index contributed by atoms with van der Waals surface area (Å²) in [5.41, 5.74) is 4.01. The zero-order valence-electron chi connectivity index (χ0n) is 14.5. The molecule has 0 bridgehead atoms. The highest BCUT2D eigenvalue weighted by atomic mass is 32.1. The molecule has 3 rings (SSSR count). The first kappa shape index (κ1) is 18.4. The molecular weight excluding hydrogens is 372 g/mol. The predicted octanol–water partition coefficient (Wildman–Crippen LogP) is 2.52. The number of aromatic nitrogens is 3. The molecule has 0 radical (unpaired) electrons. The second-order valence-corrected chi connectivity index (χ2v) is 5.80. The highest BCUT2D eigenvalue weighted by Crippen LogP contribution is 2.25. The van der Waals surface area contributed by atoms with Gasteiger partial charge in [-0.25, -0.2) is 14.3 Å². The van der Waals surface area contributed by atoms with Crippen LogP contribution in [-0.2, 0) is 16.0 Å². The maximum Gasteiger partial charge on any atom is 0.337 e. The highest BCUT2D eigenvalue weighted by molar-refractivity contribution is 7.71. The number of ether oxygens (including phenoxy) is 2. The van der Waals surface area contributed by atoms with Gasteiger partial charge < -0.3 is 19.3 Å². The van der Waals surface area contributed by atoms with E-state index in [1.165, 1.54) is 26.6 Å². The van der Waals surface area contributed by atoms with E-state index >= 15 is 0 Å². The van der Waals surface area contributed by atoms with E-state index in [1.807, 2.05) is 0 Å². The molecule has 0 saturated heterocycles. The number of hydrogen-bond donors (Lipinski definition) is 2. The fourth-order valence-electron chi connectivity index (χ4n) is 2.39. The van der Waals surface area contributed by atoms with Gasteiger partial charge in [-0.2, -0.15) is 5.10 Å². The largest absolute Gasteiger partial charge is 0.465 e. The van der Waals surface area contributed by atoms with E-state index in [4.69, 9.17) is 26.1 Å². The molecule has 9 nitrogen and oxygen atoms in total. The average Bonchev–Trinajstić information content (AvgIpc) is 3.33. The van der Waals surface area contributed by atoms with Gasteiger partial charge in [0.1, 0.15) is 17.8 Å². The zero-order chi connectivity index (χ0) is 19.4. The molecule has 0 atom stereocenters. The summed E-state index contributed by atoms with van der Waals surface area (Å²) in [6.45, 7) is 0.356. The lowest BCUT2D eigenvalue weighted by molar-refractivity contribution is 0.0599. The van der Waals surface area contributed by atoms with Crippen LogP contribution < -0.4 is 5.43 Å². The van der Waals surface area contributed by atoms with Crippen LogP contribution in [-0.4, -0.2) is 41.0 Å². The van der Waals surface area contributed by atoms with Gasteiger partial charge in [0.25, 0.3) is 0 Å². The number of benzene rings is 1. The van der Waals surface area contributed by atoms with Gasteiger partial charge in [-0.15, -0.1) is 0 Å². The Morgan fingerprint density at radius 2 is 1.85 bits per heavy atom. The molecule has 0 aliphatic carbocycles. The van der Waals surface area contributed by atoms with E-state index < -0.39 is 11.9 Å². The molecule has 0 saturated carbocycles. The number of carbonyl (C=O) groups excluding carboxylic acids is 2. The van der Waals surface area contributed by atoms with Crippen molar-refractivity contribution in [2.24, 2.45) is 0 Å². The monoisotopic (exact) mass is 388 g/mol. The third-order valence-corrected chi connectivity index (χ3v) is 3.99. The minimum Gasteiger partial charge on any atom is -0.465 e. The van der Waals surface area contributed by atoms with Crippen LogP contribution in [0.1, 0.15) is 26.5 Å². The van der Waals surface area contributed by atoms with Crippen LogP contribution in [0.15, 0.2) is 41.1 Å². The molecule has 2 aromatic heterocycles. The van der Waals surface area contributed by atoms with Crippen LogP contribution in [0.2, 0.25) is 0 Å². The van der Waals surface area contributed by atoms with Crippen LogP contribution in [0.5, 0.6) is 0 Å². The second-order valence-electron chi connectivity index (χ2n) is 5.41. The lowest BCUT2D eigenvalue weighted by atomic mass is 10.0. The maximum atomic E-state index is 11.9. The minimum atomic E-state index is -0.565. The molecular formula is C17H16N4O5S. The second kappa shape index (κ2) is 7.87. The third kappa shape index (κ3) is 4.06. The molecule has 140 valence electrons. The smallest absolute Gasteiger partial charge is 0.337 e. The maximum absolute atomic E-state index is 11.9. The number of esters is 2. The predicted molar refractivity (Wildman–Crippen MR) is 97.3 cm³/mol.